The van der Waals surface area contributed by atoms with Crippen LogP contribution in [0.4, 0.5) is 34.1 Å². The Hall–Kier alpha value is -6.64. The lowest BCUT2D eigenvalue weighted by Crippen LogP contribution is -2.30. The molecule has 0 aromatic heterocycles. The topological polar surface area (TPSA) is 6.48 Å². The lowest BCUT2D eigenvalue weighted by Gasteiger charge is -2.39. The minimum Gasteiger partial charge on any atom is -0.311 e. The summed E-state index contributed by atoms with van der Waals surface area (Å²) in [5, 5.41) is 0. The van der Waals surface area contributed by atoms with Crippen molar-refractivity contribution < 1.29 is 0 Å². The molecule has 1 aliphatic carbocycles. The first kappa shape index (κ1) is 42.7. The maximum absolute atomic E-state index is 2.42. The zero-order valence-electron chi connectivity index (χ0n) is 38.6. The maximum atomic E-state index is 2.42. The molecule has 0 radical (unpaired) electrons. The smallest absolute Gasteiger partial charge is 0.0462 e. The Morgan fingerprint density at radius 2 is 0.562 bits per heavy atom. The molecule has 0 heterocycles. The normalized spacial score (nSPS) is 13.6. The van der Waals surface area contributed by atoms with Crippen LogP contribution in [-0.4, -0.2) is 0 Å². The number of nitrogens with zero attached hydrogens (tertiary/aromatic N) is 2. The van der Waals surface area contributed by atoms with Crippen LogP contribution in [0.1, 0.15) is 105 Å². The van der Waals surface area contributed by atoms with Gasteiger partial charge < -0.3 is 9.80 Å². The Morgan fingerprint density at radius 3 is 0.844 bits per heavy atom. The SMILES string of the molecule is Cc1ccc(-c2ccc(N(c3ccc(C(C)C)cc3)c3ccc(C4(c5ccc(N(c6ccc(-c7ccc(C)cc7)cc6)c6ccc(C(C)C)cc6)cc5)CCCCC4)cc3)cc2)cc1. The van der Waals surface area contributed by atoms with E-state index in [1.807, 2.05) is 0 Å². The quantitative estimate of drug-likeness (QED) is 0.121. The van der Waals surface area contributed by atoms with E-state index >= 15 is 0 Å². The molecule has 2 nitrogen and oxygen atoms in total. The molecule has 64 heavy (non-hydrogen) atoms. The molecule has 9 rings (SSSR count). The number of aryl methyl sites for hydroxylation is 2. The van der Waals surface area contributed by atoms with Crippen LogP contribution in [0.15, 0.2) is 194 Å². The predicted molar refractivity (Wildman–Crippen MR) is 275 cm³/mol. The molecule has 0 amide bonds. The molecule has 0 N–H and O–H groups in total. The molecule has 320 valence electrons. The number of hydrogen-bond acceptors (Lipinski definition) is 2. The van der Waals surface area contributed by atoms with Crippen molar-refractivity contribution in [1.82, 2.24) is 0 Å². The van der Waals surface area contributed by atoms with Crippen LogP contribution in [0, 0.1) is 13.8 Å². The van der Waals surface area contributed by atoms with Crippen LogP contribution in [0.3, 0.4) is 0 Å². The highest BCUT2D eigenvalue weighted by atomic mass is 15.1. The minimum atomic E-state index is -0.0475. The van der Waals surface area contributed by atoms with Crippen molar-refractivity contribution >= 4 is 34.1 Å². The van der Waals surface area contributed by atoms with Crippen molar-refractivity contribution in [3.8, 4) is 22.3 Å². The largest absolute Gasteiger partial charge is 0.311 e. The number of benzene rings is 8. The van der Waals surface area contributed by atoms with Crippen molar-refractivity contribution in [3.63, 3.8) is 0 Å². The zero-order valence-corrected chi connectivity index (χ0v) is 38.6. The van der Waals surface area contributed by atoms with Gasteiger partial charge in [-0.05, 0) is 156 Å². The Bertz CT molecular complexity index is 2550. The molecular formula is C62H62N2. The Balaban J connectivity index is 1.05. The zero-order chi connectivity index (χ0) is 44.2. The summed E-state index contributed by atoms with van der Waals surface area (Å²) in [7, 11) is 0. The van der Waals surface area contributed by atoms with E-state index in [1.54, 1.807) is 0 Å². The van der Waals surface area contributed by atoms with Gasteiger partial charge in [0.25, 0.3) is 0 Å². The number of rotatable bonds is 12. The monoisotopic (exact) mass is 834 g/mol. The van der Waals surface area contributed by atoms with Gasteiger partial charge >= 0.3 is 0 Å². The first-order chi connectivity index (χ1) is 31.1. The van der Waals surface area contributed by atoms with Crippen LogP contribution in [-0.2, 0) is 5.41 Å². The number of hydrogen-bond donors (Lipinski definition) is 0. The molecule has 0 aliphatic heterocycles. The van der Waals surface area contributed by atoms with Gasteiger partial charge in [0.2, 0.25) is 0 Å². The molecular weight excluding hydrogens is 773 g/mol. The van der Waals surface area contributed by atoms with Gasteiger partial charge in [-0.1, -0.05) is 179 Å². The molecule has 0 unspecified atom stereocenters. The van der Waals surface area contributed by atoms with E-state index in [0.717, 1.165) is 47.0 Å². The highest BCUT2D eigenvalue weighted by molar-refractivity contribution is 5.80. The summed E-state index contributed by atoms with van der Waals surface area (Å²) in [5.41, 5.74) is 19.9. The fraction of sp³-hybridized carbons (Fsp3) is 0.226. The summed E-state index contributed by atoms with van der Waals surface area (Å²) < 4.78 is 0. The maximum Gasteiger partial charge on any atom is 0.0462 e. The summed E-state index contributed by atoms with van der Waals surface area (Å²) in [6.07, 6.45) is 6.04. The highest BCUT2D eigenvalue weighted by Gasteiger charge is 2.36. The molecule has 2 heteroatoms. The van der Waals surface area contributed by atoms with Gasteiger partial charge in [-0.3, -0.25) is 0 Å². The molecule has 1 fully saturated rings. The van der Waals surface area contributed by atoms with Gasteiger partial charge in [0, 0.05) is 39.5 Å². The van der Waals surface area contributed by atoms with E-state index in [0.29, 0.717) is 11.8 Å². The van der Waals surface area contributed by atoms with Crippen LogP contribution in [0.25, 0.3) is 22.3 Å². The average molecular weight is 835 g/mol. The molecule has 0 spiro atoms. The summed E-state index contributed by atoms with van der Waals surface area (Å²) >= 11 is 0. The lowest BCUT2D eigenvalue weighted by atomic mass is 9.65. The van der Waals surface area contributed by atoms with Crippen molar-refractivity contribution in [2.75, 3.05) is 9.80 Å². The van der Waals surface area contributed by atoms with Gasteiger partial charge in [0.15, 0.2) is 0 Å². The number of anilines is 6. The third-order valence-corrected chi connectivity index (χ3v) is 13.7. The third kappa shape index (κ3) is 8.93. The van der Waals surface area contributed by atoms with Crippen molar-refractivity contribution in [3.05, 3.63) is 228 Å². The van der Waals surface area contributed by atoms with Gasteiger partial charge in [-0.25, -0.2) is 0 Å². The second-order valence-electron chi connectivity index (χ2n) is 18.7. The summed E-state index contributed by atoms with van der Waals surface area (Å²) in [6, 6.07) is 73.1. The van der Waals surface area contributed by atoms with Crippen molar-refractivity contribution in [2.45, 2.75) is 90.9 Å². The summed E-state index contributed by atoms with van der Waals surface area (Å²) in [4.78, 5) is 4.81. The first-order valence-corrected chi connectivity index (χ1v) is 23.5. The second kappa shape index (κ2) is 18.6. The predicted octanol–water partition coefficient (Wildman–Crippen LogP) is 18.1. The summed E-state index contributed by atoms with van der Waals surface area (Å²) in [6.45, 7) is 13.3. The van der Waals surface area contributed by atoms with Crippen molar-refractivity contribution in [1.29, 1.82) is 0 Å². The van der Waals surface area contributed by atoms with Gasteiger partial charge in [-0.15, -0.1) is 0 Å². The van der Waals surface area contributed by atoms with Gasteiger partial charge in [0.05, 0.1) is 0 Å². The molecule has 8 aromatic rings. The molecule has 1 aliphatic rings. The Kier molecular flexibility index (Phi) is 12.4. The Labute approximate surface area is 382 Å². The van der Waals surface area contributed by atoms with E-state index in [1.165, 1.54) is 74.9 Å². The van der Waals surface area contributed by atoms with E-state index in [2.05, 4.69) is 245 Å². The standard InChI is InChI=1S/C62H62N2/c1-44(2)48-18-30-56(31-19-48)63(58-34-22-52(23-35-58)50-14-10-46(5)11-15-50)60-38-26-54(27-39-60)62(42-8-7-9-43-62)55-28-40-61(41-29-55)64(57-32-20-49(21-33-57)45(3)4)59-36-24-53(25-37-59)51-16-12-47(6)13-17-51/h10-41,44-45H,7-9,42-43H2,1-6H3. The van der Waals surface area contributed by atoms with E-state index in [4.69, 9.17) is 0 Å². The molecule has 8 aromatic carbocycles. The minimum absolute atomic E-state index is 0.0475. The average Bonchev–Trinajstić information content (AvgIpc) is 3.34. The fourth-order valence-corrected chi connectivity index (χ4v) is 9.77. The van der Waals surface area contributed by atoms with Crippen LogP contribution < -0.4 is 9.80 Å². The van der Waals surface area contributed by atoms with Crippen LogP contribution >= 0.6 is 0 Å². The molecule has 0 saturated heterocycles. The van der Waals surface area contributed by atoms with Crippen LogP contribution in [0.2, 0.25) is 0 Å². The molecule has 1 saturated carbocycles. The molecule has 0 atom stereocenters. The van der Waals surface area contributed by atoms with E-state index in [-0.39, 0.29) is 5.41 Å². The van der Waals surface area contributed by atoms with Crippen LogP contribution in [0.5, 0.6) is 0 Å². The lowest BCUT2D eigenvalue weighted by molar-refractivity contribution is 0.346. The van der Waals surface area contributed by atoms with Gasteiger partial charge in [-0.2, -0.15) is 0 Å². The first-order valence-electron chi connectivity index (χ1n) is 23.5. The summed E-state index contributed by atoms with van der Waals surface area (Å²) in [5.74, 6) is 0.957. The van der Waals surface area contributed by atoms with E-state index < -0.39 is 0 Å². The van der Waals surface area contributed by atoms with Gasteiger partial charge in [0.1, 0.15) is 0 Å². The second-order valence-corrected chi connectivity index (χ2v) is 18.7. The third-order valence-electron chi connectivity index (χ3n) is 13.7. The molecule has 0 bridgehead atoms. The highest BCUT2D eigenvalue weighted by Crippen LogP contribution is 2.47. The fourth-order valence-electron chi connectivity index (χ4n) is 9.77. The van der Waals surface area contributed by atoms with Crippen molar-refractivity contribution in [2.24, 2.45) is 0 Å². The Morgan fingerprint density at radius 1 is 0.312 bits per heavy atom. The van der Waals surface area contributed by atoms with E-state index in [9.17, 15) is 0 Å².